The van der Waals surface area contributed by atoms with E-state index >= 15 is 0 Å². The molecular formula is C13H17N3O2S2. The molecule has 2 atom stereocenters. The van der Waals surface area contributed by atoms with E-state index in [1.165, 1.54) is 11.3 Å². The number of nitrogens with two attached hydrogens (primary N) is 1. The summed E-state index contributed by atoms with van der Waals surface area (Å²) in [4.78, 5) is 16.4. The first-order valence-corrected chi connectivity index (χ1v) is 8.34. The van der Waals surface area contributed by atoms with E-state index in [-0.39, 0.29) is 11.2 Å². The van der Waals surface area contributed by atoms with Crippen molar-refractivity contribution >= 4 is 49.1 Å². The number of carbonyl (C=O) groups is 1. The summed E-state index contributed by atoms with van der Waals surface area (Å²) < 4.78 is 12.8. The Kier molecular flexibility index (Phi) is 4.39. The molecule has 1 amide bonds. The highest BCUT2D eigenvalue weighted by Crippen LogP contribution is 2.27. The van der Waals surface area contributed by atoms with Crippen molar-refractivity contribution in [2.75, 3.05) is 11.1 Å². The summed E-state index contributed by atoms with van der Waals surface area (Å²) in [6, 6.07) is 5.40. The van der Waals surface area contributed by atoms with Gasteiger partial charge >= 0.3 is 0 Å². The predicted octanol–water partition coefficient (Wildman–Crippen LogP) is 2.36. The van der Waals surface area contributed by atoms with Crippen LogP contribution >= 0.6 is 11.3 Å². The molecule has 0 saturated carbocycles. The summed E-state index contributed by atoms with van der Waals surface area (Å²) in [6.45, 7) is 5.33. The van der Waals surface area contributed by atoms with E-state index in [4.69, 9.17) is 5.73 Å². The number of amides is 1. The summed E-state index contributed by atoms with van der Waals surface area (Å²) in [5.41, 5.74) is 7.16. The predicted molar refractivity (Wildman–Crippen MR) is 85.4 cm³/mol. The molecule has 0 saturated heterocycles. The number of fused-ring (bicyclic) bond motifs is 1. The number of aromatic nitrogens is 1. The number of nitrogens with zero attached hydrogens (tertiary/aromatic N) is 1. The lowest BCUT2D eigenvalue weighted by atomic mass is 10.3. The Hall–Kier alpha value is -1.47. The van der Waals surface area contributed by atoms with Gasteiger partial charge in [-0.15, -0.1) is 0 Å². The average molecular weight is 311 g/mol. The van der Waals surface area contributed by atoms with Gasteiger partial charge < -0.3 is 11.1 Å². The minimum Gasteiger partial charge on any atom is -0.399 e. The molecule has 0 spiro atoms. The Morgan fingerprint density at radius 1 is 1.40 bits per heavy atom. The number of carbonyl (C=O) groups excluding carboxylic acids is 1. The molecule has 0 fully saturated rings. The van der Waals surface area contributed by atoms with Gasteiger partial charge in [-0.2, -0.15) is 0 Å². The molecule has 0 aliphatic heterocycles. The van der Waals surface area contributed by atoms with Crippen LogP contribution in [0.4, 0.5) is 10.8 Å². The van der Waals surface area contributed by atoms with E-state index < -0.39 is 16.0 Å². The quantitative estimate of drug-likeness (QED) is 0.849. The third-order valence-electron chi connectivity index (χ3n) is 2.82. The van der Waals surface area contributed by atoms with Gasteiger partial charge in [0.1, 0.15) is 5.25 Å². The molecule has 2 aromatic rings. The Morgan fingerprint density at radius 2 is 2.10 bits per heavy atom. The van der Waals surface area contributed by atoms with Crippen LogP contribution in [0.3, 0.4) is 0 Å². The van der Waals surface area contributed by atoms with Crippen molar-refractivity contribution in [2.24, 2.45) is 0 Å². The highest BCUT2D eigenvalue weighted by atomic mass is 32.2. The maximum absolute atomic E-state index is 12.0. The zero-order chi connectivity index (χ0) is 14.9. The van der Waals surface area contributed by atoms with Crippen molar-refractivity contribution in [2.45, 2.75) is 31.3 Å². The first-order valence-electron chi connectivity index (χ1n) is 6.25. The summed E-state index contributed by atoms with van der Waals surface area (Å²) in [6.07, 6.45) is 0. The smallest absolute Gasteiger partial charge is 0.241 e. The third kappa shape index (κ3) is 3.16. The summed E-state index contributed by atoms with van der Waals surface area (Å²) in [5, 5.41) is 2.61. The van der Waals surface area contributed by atoms with Crippen molar-refractivity contribution in [1.82, 2.24) is 4.98 Å². The summed E-state index contributed by atoms with van der Waals surface area (Å²) >= 11 is 1.36. The first kappa shape index (κ1) is 14.9. The summed E-state index contributed by atoms with van der Waals surface area (Å²) in [5.74, 6) is -0.274. The van der Waals surface area contributed by atoms with Gasteiger partial charge in [-0.3, -0.25) is 9.00 Å². The number of nitrogens with one attached hydrogen (secondary N) is 1. The van der Waals surface area contributed by atoms with Crippen molar-refractivity contribution < 1.29 is 9.00 Å². The van der Waals surface area contributed by atoms with Gasteiger partial charge in [-0.1, -0.05) is 25.2 Å². The summed E-state index contributed by atoms with van der Waals surface area (Å²) in [7, 11) is -1.20. The van der Waals surface area contributed by atoms with E-state index in [0.29, 0.717) is 10.8 Å². The molecule has 0 aliphatic rings. The Morgan fingerprint density at radius 3 is 2.75 bits per heavy atom. The zero-order valence-corrected chi connectivity index (χ0v) is 13.2. The van der Waals surface area contributed by atoms with E-state index in [1.54, 1.807) is 13.0 Å². The minimum absolute atomic E-state index is 0.0501. The van der Waals surface area contributed by atoms with Crippen LogP contribution in [0.5, 0.6) is 0 Å². The molecule has 2 unspecified atom stereocenters. The highest BCUT2D eigenvalue weighted by molar-refractivity contribution is 7.87. The van der Waals surface area contributed by atoms with Gasteiger partial charge in [0.15, 0.2) is 5.13 Å². The van der Waals surface area contributed by atoms with Gasteiger partial charge in [0.05, 0.1) is 10.2 Å². The monoisotopic (exact) mass is 311 g/mol. The third-order valence-corrected chi connectivity index (χ3v) is 5.60. The average Bonchev–Trinajstić information content (AvgIpc) is 2.77. The van der Waals surface area contributed by atoms with Crippen LogP contribution in [0.15, 0.2) is 18.2 Å². The lowest BCUT2D eigenvalue weighted by Crippen LogP contribution is -2.32. The van der Waals surface area contributed by atoms with Gasteiger partial charge in [0.2, 0.25) is 5.91 Å². The topological polar surface area (TPSA) is 85.1 Å². The Labute approximate surface area is 124 Å². The van der Waals surface area contributed by atoms with Crippen molar-refractivity contribution in [3.05, 3.63) is 18.2 Å². The van der Waals surface area contributed by atoms with Gasteiger partial charge in [0, 0.05) is 21.7 Å². The van der Waals surface area contributed by atoms with Crippen LogP contribution in [-0.4, -0.2) is 25.6 Å². The SMILES string of the molecule is CC(C)S(=O)C(C)C(=O)Nc1nc2ccc(N)cc2s1. The molecule has 3 N–H and O–H groups in total. The van der Waals surface area contributed by atoms with Gasteiger partial charge in [-0.25, -0.2) is 4.98 Å². The molecule has 108 valence electrons. The zero-order valence-electron chi connectivity index (χ0n) is 11.5. The van der Waals surface area contributed by atoms with Crippen LogP contribution in [0.2, 0.25) is 0 Å². The number of nitrogen functional groups attached to an aromatic ring is 1. The standard InChI is InChI=1S/C13H17N3O2S2/c1-7(2)20(18)8(3)12(17)16-13-15-10-5-4-9(14)6-11(10)19-13/h4-8H,14H2,1-3H3,(H,15,16,17). The lowest BCUT2D eigenvalue weighted by molar-refractivity contribution is -0.115. The fraction of sp³-hybridized carbons (Fsp3) is 0.385. The Balaban J connectivity index is 2.15. The van der Waals surface area contributed by atoms with Gasteiger partial charge in [-0.05, 0) is 25.1 Å². The number of anilines is 2. The second-order valence-corrected chi connectivity index (χ2v) is 8.09. The molecule has 1 heterocycles. The lowest BCUT2D eigenvalue weighted by Gasteiger charge is -2.12. The largest absolute Gasteiger partial charge is 0.399 e. The van der Waals surface area contributed by atoms with E-state index in [2.05, 4.69) is 10.3 Å². The molecule has 5 nitrogen and oxygen atoms in total. The number of benzene rings is 1. The molecule has 20 heavy (non-hydrogen) atoms. The maximum Gasteiger partial charge on any atom is 0.241 e. The Bertz CT molecular complexity index is 667. The van der Waals surface area contributed by atoms with Crippen molar-refractivity contribution in [3.63, 3.8) is 0 Å². The number of hydrogen-bond donors (Lipinski definition) is 2. The second kappa shape index (κ2) is 5.88. The molecule has 0 bridgehead atoms. The highest BCUT2D eigenvalue weighted by Gasteiger charge is 2.23. The maximum atomic E-state index is 12.0. The molecule has 7 heteroatoms. The molecule has 1 aromatic heterocycles. The van der Waals surface area contributed by atoms with Crippen molar-refractivity contribution in [1.29, 1.82) is 0 Å². The number of thiazole rings is 1. The minimum atomic E-state index is -1.20. The molecule has 0 aliphatic carbocycles. The molecule has 0 radical (unpaired) electrons. The molecular weight excluding hydrogens is 294 g/mol. The van der Waals surface area contributed by atoms with Gasteiger partial charge in [0.25, 0.3) is 0 Å². The van der Waals surface area contributed by atoms with Crippen LogP contribution in [-0.2, 0) is 15.6 Å². The van der Waals surface area contributed by atoms with E-state index in [1.807, 2.05) is 26.0 Å². The molecule has 1 aromatic carbocycles. The number of rotatable bonds is 4. The van der Waals surface area contributed by atoms with Crippen LogP contribution in [0.25, 0.3) is 10.2 Å². The number of hydrogen-bond acceptors (Lipinski definition) is 5. The fourth-order valence-corrected chi connectivity index (χ4v) is 3.72. The van der Waals surface area contributed by atoms with Crippen LogP contribution in [0.1, 0.15) is 20.8 Å². The van der Waals surface area contributed by atoms with Crippen LogP contribution < -0.4 is 11.1 Å². The second-order valence-electron chi connectivity index (χ2n) is 4.75. The van der Waals surface area contributed by atoms with Crippen molar-refractivity contribution in [3.8, 4) is 0 Å². The van der Waals surface area contributed by atoms with E-state index in [9.17, 15) is 9.00 Å². The van der Waals surface area contributed by atoms with Crippen LogP contribution in [0, 0.1) is 0 Å². The molecule has 2 rings (SSSR count). The fourth-order valence-electron chi connectivity index (χ4n) is 1.72. The first-order chi connectivity index (χ1) is 9.38. The normalized spacial score (nSPS) is 14.4. The van der Waals surface area contributed by atoms with E-state index in [0.717, 1.165) is 10.2 Å².